The van der Waals surface area contributed by atoms with E-state index < -0.39 is 16.0 Å². The molecule has 0 aromatic heterocycles. The number of carbonyl (C=O) groups is 1. The third kappa shape index (κ3) is 3.93. The summed E-state index contributed by atoms with van der Waals surface area (Å²) in [6.07, 6.45) is 3.57. The van der Waals surface area contributed by atoms with Gasteiger partial charge in [0.25, 0.3) is 0 Å². The van der Waals surface area contributed by atoms with Gasteiger partial charge < -0.3 is 9.84 Å². The molecule has 2 heterocycles. The Morgan fingerprint density at radius 1 is 1.25 bits per heavy atom. The molecule has 116 valence electrons. The van der Waals surface area contributed by atoms with Crippen molar-refractivity contribution in [1.29, 1.82) is 0 Å². The van der Waals surface area contributed by atoms with Gasteiger partial charge in [-0.2, -0.15) is 0 Å². The topological polar surface area (TPSA) is 83.9 Å². The molecule has 2 saturated heterocycles. The largest absolute Gasteiger partial charge is 0.481 e. The maximum atomic E-state index is 12.6. The lowest BCUT2D eigenvalue weighted by atomic mass is 9.95. The molecule has 1 N–H and O–H groups in total. The zero-order chi connectivity index (χ0) is 14.6. The predicted octanol–water partition coefficient (Wildman–Crippen LogP) is 1.07. The minimum absolute atomic E-state index is 0.121. The van der Waals surface area contributed by atoms with E-state index in [1.54, 1.807) is 4.31 Å². The molecule has 0 spiro atoms. The fraction of sp³-hybridized carbons (Fsp3) is 0.923. The van der Waals surface area contributed by atoms with Crippen LogP contribution in [0.1, 0.15) is 38.5 Å². The second kappa shape index (κ2) is 6.87. The van der Waals surface area contributed by atoms with Crippen molar-refractivity contribution in [3.8, 4) is 0 Å². The highest BCUT2D eigenvalue weighted by Gasteiger charge is 2.35. The van der Waals surface area contributed by atoms with Crippen LogP contribution in [0.5, 0.6) is 0 Å². The Kier molecular flexibility index (Phi) is 5.40. The molecular formula is C13H23NO5S. The van der Waals surface area contributed by atoms with E-state index in [0.717, 1.165) is 12.8 Å². The third-order valence-corrected chi connectivity index (χ3v) is 6.56. The van der Waals surface area contributed by atoms with Crippen LogP contribution in [0, 0.1) is 5.92 Å². The SMILES string of the molecule is O=C(O)CCC1CCCN(S(=O)(=O)C2CCOCC2)C1. The number of nitrogens with zero attached hydrogens (tertiary/aromatic N) is 1. The summed E-state index contributed by atoms with van der Waals surface area (Å²) in [6.45, 7) is 2.08. The van der Waals surface area contributed by atoms with Crippen molar-refractivity contribution >= 4 is 16.0 Å². The van der Waals surface area contributed by atoms with E-state index in [1.807, 2.05) is 0 Å². The molecule has 1 unspecified atom stereocenters. The highest BCUT2D eigenvalue weighted by molar-refractivity contribution is 7.89. The van der Waals surface area contributed by atoms with E-state index >= 15 is 0 Å². The molecule has 0 radical (unpaired) electrons. The lowest BCUT2D eigenvalue weighted by molar-refractivity contribution is -0.137. The molecule has 20 heavy (non-hydrogen) atoms. The summed E-state index contributed by atoms with van der Waals surface area (Å²) in [4.78, 5) is 10.6. The second-order valence-corrected chi connectivity index (χ2v) is 7.87. The van der Waals surface area contributed by atoms with Gasteiger partial charge in [-0.05, 0) is 38.0 Å². The van der Waals surface area contributed by atoms with Gasteiger partial charge in [-0.25, -0.2) is 12.7 Å². The first-order chi connectivity index (χ1) is 9.50. The van der Waals surface area contributed by atoms with Crippen molar-refractivity contribution in [3.63, 3.8) is 0 Å². The summed E-state index contributed by atoms with van der Waals surface area (Å²) in [6, 6.07) is 0. The molecule has 0 aromatic carbocycles. The van der Waals surface area contributed by atoms with Gasteiger partial charge in [0.15, 0.2) is 0 Å². The van der Waals surface area contributed by atoms with Crippen LogP contribution in [-0.4, -0.2) is 55.4 Å². The first-order valence-electron chi connectivity index (χ1n) is 7.28. The van der Waals surface area contributed by atoms with Crippen LogP contribution in [-0.2, 0) is 19.6 Å². The molecule has 0 aliphatic carbocycles. The summed E-state index contributed by atoms with van der Waals surface area (Å²) in [5.74, 6) is -0.635. The predicted molar refractivity (Wildman–Crippen MR) is 73.9 cm³/mol. The van der Waals surface area contributed by atoms with Crippen molar-refractivity contribution in [1.82, 2.24) is 4.31 Å². The Labute approximate surface area is 120 Å². The number of aliphatic carboxylic acids is 1. The maximum Gasteiger partial charge on any atom is 0.303 e. The average Bonchev–Trinajstić information content (AvgIpc) is 2.46. The van der Waals surface area contributed by atoms with Gasteiger partial charge in [0.05, 0.1) is 5.25 Å². The van der Waals surface area contributed by atoms with E-state index in [1.165, 1.54) is 0 Å². The number of hydrogen-bond donors (Lipinski definition) is 1. The first kappa shape index (κ1) is 15.7. The van der Waals surface area contributed by atoms with Crippen molar-refractivity contribution < 1.29 is 23.1 Å². The minimum Gasteiger partial charge on any atom is -0.481 e. The van der Waals surface area contributed by atoms with Crippen molar-refractivity contribution in [2.24, 2.45) is 5.92 Å². The minimum atomic E-state index is -3.25. The molecule has 2 fully saturated rings. The van der Waals surface area contributed by atoms with Crippen LogP contribution in [0.4, 0.5) is 0 Å². The van der Waals surface area contributed by atoms with Gasteiger partial charge >= 0.3 is 5.97 Å². The molecule has 0 aromatic rings. The normalized spacial score (nSPS) is 26.5. The zero-order valence-electron chi connectivity index (χ0n) is 11.7. The molecule has 2 aliphatic rings. The van der Waals surface area contributed by atoms with Crippen molar-refractivity contribution in [3.05, 3.63) is 0 Å². The first-order valence-corrected chi connectivity index (χ1v) is 8.79. The number of carboxylic acids is 1. The molecule has 0 amide bonds. The number of ether oxygens (including phenoxy) is 1. The van der Waals surface area contributed by atoms with Crippen molar-refractivity contribution in [2.75, 3.05) is 26.3 Å². The van der Waals surface area contributed by atoms with E-state index in [0.29, 0.717) is 45.6 Å². The van der Waals surface area contributed by atoms with Gasteiger partial charge in [-0.1, -0.05) is 0 Å². The summed E-state index contributed by atoms with van der Waals surface area (Å²) >= 11 is 0. The van der Waals surface area contributed by atoms with E-state index in [9.17, 15) is 13.2 Å². The Morgan fingerprint density at radius 3 is 2.60 bits per heavy atom. The van der Waals surface area contributed by atoms with Crippen LogP contribution in [0.15, 0.2) is 0 Å². The average molecular weight is 305 g/mol. The molecule has 0 saturated carbocycles. The Bertz CT molecular complexity index is 430. The summed E-state index contributed by atoms with van der Waals surface area (Å²) < 4.78 is 32.0. The number of piperidine rings is 1. The fourth-order valence-corrected chi connectivity index (χ4v) is 5.02. The zero-order valence-corrected chi connectivity index (χ0v) is 12.5. The lowest BCUT2D eigenvalue weighted by Crippen LogP contribution is -2.46. The van der Waals surface area contributed by atoms with Crippen molar-refractivity contribution in [2.45, 2.75) is 43.8 Å². The number of rotatable bonds is 5. The summed E-state index contributed by atoms with van der Waals surface area (Å²) in [5, 5.41) is 8.40. The smallest absolute Gasteiger partial charge is 0.303 e. The summed E-state index contributed by atoms with van der Waals surface area (Å²) in [5.41, 5.74) is 0. The van der Waals surface area contributed by atoms with Crippen LogP contribution in [0.3, 0.4) is 0 Å². The van der Waals surface area contributed by atoms with Crippen LogP contribution in [0.2, 0.25) is 0 Å². The third-order valence-electron chi connectivity index (χ3n) is 4.20. The van der Waals surface area contributed by atoms with Gasteiger partial charge in [0, 0.05) is 32.7 Å². The van der Waals surface area contributed by atoms with Crippen LogP contribution < -0.4 is 0 Å². The van der Waals surface area contributed by atoms with E-state index in [-0.39, 0.29) is 17.6 Å². The van der Waals surface area contributed by atoms with Crippen LogP contribution in [0.25, 0.3) is 0 Å². The summed E-state index contributed by atoms with van der Waals surface area (Å²) in [7, 11) is -3.25. The number of sulfonamides is 1. The molecule has 2 aliphatic heterocycles. The molecular weight excluding hydrogens is 282 g/mol. The highest BCUT2D eigenvalue weighted by atomic mass is 32.2. The van der Waals surface area contributed by atoms with Gasteiger partial charge in [0.1, 0.15) is 0 Å². The Morgan fingerprint density at radius 2 is 1.95 bits per heavy atom. The number of carboxylic acid groups (broad SMARTS) is 1. The van der Waals surface area contributed by atoms with E-state index in [4.69, 9.17) is 9.84 Å². The molecule has 1 atom stereocenters. The Balaban J connectivity index is 1.94. The van der Waals surface area contributed by atoms with Gasteiger partial charge in [-0.15, -0.1) is 0 Å². The number of hydrogen-bond acceptors (Lipinski definition) is 4. The standard InChI is InChI=1S/C13H23NO5S/c15-13(16)4-3-11-2-1-7-14(10-11)20(17,18)12-5-8-19-9-6-12/h11-12H,1-10H2,(H,15,16). The fourth-order valence-electron chi connectivity index (χ4n) is 3.01. The second-order valence-electron chi connectivity index (χ2n) is 5.66. The molecule has 6 nitrogen and oxygen atoms in total. The van der Waals surface area contributed by atoms with Crippen LogP contribution >= 0.6 is 0 Å². The molecule has 2 rings (SSSR count). The lowest BCUT2D eigenvalue weighted by Gasteiger charge is -2.35. The Hall–Kier alpha value is -0.660. The quantitative estimate of drug-likeness (QED) is 0.821. The molecule has 7 heteroatoms. The molecule has 0 bridgehead atoms. The van der Waals surface area contributed by atoms with Gasteiger partial charge in [0.2, 0.25) is 10.0 Å². The highest BCUT2D eigenvalue weighted by Crippen LogP contribution is 2.27. The van der Waals surface area contributed by atoms with E-state index in [2.05, 4.69) is 0 Å². The monoisotopic (exact) mass is 305 g/mol. The van der Waals surface area contributed by atoms with Gasteiger partial charge in [-0.3, -0.25) is 4.79 Å². The maximum absolute atomic E-state index is 12.6.